The van der Waals surface area contributed by atoms with Crippen LogP contribution in [0.1, 0.15) is 5.56 Å². The zero-order valence-corrected chi connectivity index (χ0v) is 12.4. The number of aliphatic hydroxyl groups excluding tert-OH is 1. The van der Waals surface area contributed by atoms with Crippen LogP contribution in [-0.2, 0) is 6.54 Å². The number of rotatable bonds is 6. The maximum atomic E-state index is 12.3. The van der Waals surface area contributed by atoms with E-state index in [1.165, 1.54) is 6.07 Å². The molecule has 1 aromatic rings. The molecule has 0 aromatic heterocycles. The predicted octanol–water partition coefficient (Wildman–Crippen LogP) is 1.72. The SMILES string of the molecule is OC1CNCC1CNCc1cc(Br)ccc1OC(F)F. The van der Waals surface area contributed by atoms with Crippen molar-refractivity contribution in [1.82, 2.24) is 10.6 Å². The van der Waals surface area contributed by atoms with Gasteiger partial charge in [0.25, 0.3) is 0 Å². The lowest BCUT2D eigenvalue weighted by Crippen LogP contribution is -2.30. The Labute approximate surface area is 124 Å². The van der Waals surface area contributed by atoms with Gasteiger partial charge in [0.2, 0.25) is 0 Å². The van der Waals surface area contributed by atoms with Crippen LogP contribution in [0.15, 0.2) is 22.7 Å². The molecule has 1 saturated heterocycles. The van der Waals surface area contributed by atoms with E-state index in [0.29, 0.717) is 25.2 Å². The Morgan fingerprint density at radius 2 is 2.25 bits per heavy atom. The van der Waals surface area contributed by atoms with Gasteiger partial charge in [-0.2, -0.15) is 8.78 Å². The van der Waals surface area contributed by atoms with Gasteiger partial charge in [0.05, 0.1) is 6.10 Å². The topological polar surface area (TPSA) is 53.5 Å². The summed E-state index contributed by atoms with van der Waals surface area (Å²) in [6, 6.07) is 4.92. The summed E-state index contributed by atoms with van der Waals surface area (Å²) in [7, 11) is 0. The smallest absolute Gasteiger partial charge is 0.387 e. The molecule has 0 bridgehead atoms. The number of ether oxygens (including phenoxy) is 1. The molecule has 0 aliphatic carbocycles. The predicted molar refractivity (Wildman–Crippen MR) is 74.8 cm³/mol. The van der Waals surface area contributed by atoms with Crippen LogP contribution in [0.25, 0.3) is 0 Å². The minimum absolute atomic E-state index is 0.140. The average molecular weight is 351 g/mol. The van der Waals surface area contributed by atoms with E-state index < -0.39 is 6.61 Å². The van der Waals surface area contributed by atoms with E-state index >= 15 is 0 Å². The largest absolute Gasteiger partial charge is 0.434 e. The Morgan fingerprint density at radius 3 is 2.90 bits per heavy atom. The summed E-state index contributed by atoms with van der Waals surface area (Å²) in [6.07, 6.45) is -0.359. The first-order chi connectivity index (χ1) is 9.56. The number of halogens is 3. The Morgan fingerprint density at radius 1 is 1.45 bits per heavy atom. The molecule has 0 amide bonds. The molecule has 1 aromatic carbocycles. The second-order valence-corrected chi connectivity index (χ2v) is 5.66. The van der Waals surface area contributed by atoms with Crippen LogP contribution in [0.3, 0.4) is 0 Å². The van der Waals surface area contributed by atoms with Gasteiger partial charge < -0.3 is 20.5 Å². The van der Waals surface area contributed by atoms with Gasteiger partial charge in [0.1, 0.15) is 5.75 Å². The highest BCUT2D eigenvalue weighted by atomic mass is 79.9. The Kier molecular flexibility index (Phi) is 5.71. The highest BCUT2D eigenvalue weighted by Crippen LogP contribution is 2.24. The molecule has 0 spiro atoms. The van der Waals surface area contributed by atoms with E-state index in [0.717, 1.165) is 11.0 Å². The molecule has 20 heavy (non-hydrogen) atoms. The fourth-order valence-electron chi connectivity index (χ4n) is 2.22. The summed E-state index contributed by atoms with van der Waals surface area (Å²) >= 11 is 3.31. The first-order valence-electron chi connectivity index (χ1n) is 6.39. The molecule has 2 unspecified atom stereocenters. The Balaban J connectivity index is 1.92. The zero-order valence-electron chi connectivity index (χ0n) is 10.8. The van der Waals surface area contributed by atoms with Gasteiger partial charge in [-0.25, -0.2) is 0 Å². The molecular weight excluding hydrogens is 334 g/mol. The van der Waals surface area contributed by atoms with Crippen LogP contribution in [0, 0.1) is 5.92 Å². The normalized spacial score (nSPS) is 22.4. The molecule has 0 saturated carbocycles. The lowest BCUT2D eigenvalue weighted by Gasteiger charge is -2.16. The number of benzene rings is 1. The summed E-state index contributed by atoms with van der Waals surface area (Å²) < 4.78 is 29.9. The number of β-amino-alcohol motifs (C(OH)–C–C–N with tert-alkyl or cyclic N) is 1. The highest BCUT2D eigenvalue weighted by Gasteiger charge is 2.24. The van der Waals surface area contributed by atoms with Crippen LogP contribution in [0.4, 0.5) is 8.78 Å². The molecule has 7 heteroatoms. The lowest BCUT2D eigenvalue weighted by atomic mass is 10.1. The van der Waals surface area contributed by atoms with Crippen molar-refractivity contribution in [1.29, 1.82) is 0 Å². The molecule has 2 rings (SSSR count). The minimum atomic E-state index is -2.84. The molecule has 112 valence electrons. The molecular formula is C13H17BrF2N2O2. The second kappa shape index (κ2) is 7.31. The van der Waals surface area contributed by atoms with E-state index in [1.807, 2.05) is 0 Å². The van der Waals surface area contributed by atoms with Crippen molar-refractivity contribution in [3.05, 3.63) is 28.2 Å². The average Bonchev–Trinajstić information content (AvgIpc) is 2.78. The Hall–Kier alpha value is -0.760. The summed E-state index contributed by atoms with van der Waals surface area (Å²) in [5.41, 5.74) is 0.653. The van der Waals surface area contributed by atoms with E-state index in [-0.39, 0.29) is 17.8 Å². The van der Waals surface area contributed by atoms with Crippen LogP contribution >= 0.6 is 15.9 Å². The molecule has 3 N–H and O–H groups in total. The quantitative estimate of drug-likeness (QED) is 0.731. The van der Waals surface area contributed by atoms with Crippen LogP contribution in [0.2, 0.25) is 0 Å². The number of hydrogen-bond donors (Lipinski definition) is 3. The van der Waals surface area contributed by atoms with E-state index in [9.17, 15) is 13.9 Å². The van der Waals surface area contributed by atoms with Crippen LogP contribution in [0.5, 0.6) is 5.75 Å². The number of nitrogens with one attached hydrogen (secondary N) is 2. The van der Waals surface area contributed by atoms with Crippen molar-refractivity contribution >= 4 is 15.9 Å². The molecule has 1 heterocycles. The fraction of sp³-hybridized carbons (Fsp3) is 0.538. The van der Waals surface area contributed by atoms with E-state index in [2.05, 4.69) is 31.3 Å². The van der Waals surface area contributed by atoms with Crippen molar-refractivity contribution in [2.45, 2.75) is 19.3 Å². The summed E-state index contributed by atoms with van der Waals surface area (Å²) in [5, 5.41) is 15.9. The first-order valence-corrected chi connectivity index (χ1v) is 7.18. The highest BCUT2D eigenvalue weighted by molar-refractivity contribution is 9.10. The van der Waals surface area contributed by atoms with Gasteiger partial charge in [-0.15, -0.1) is 0 Å². The third-order valence-electron chi connectivity index (χ3n) is 3.26. The van der Waals surface area contributed by atoms with Gasteiger partial charge in [0, 0.05) is 42.1 Å². The van der Waals surface area contributed by atoms with Gasteiger partial charge in [-0.05, 0) is 18.2 Å². The number of alkyl halides is 2. The third-order valence-corrected chi connectivity index (χ3v) is 3.76. The fourth-order valence-corrected chi connectivity index (χ4v) is 2.63. The summed E-state index contributed by atoms with van der Waals surface area (Å²) in [5.74, 6) is 0.308. The van der Waals surface area contributed by atoms with E-state index in [4.69, 9.17) is 0 Å². The van der Waals surface area contributed by atoms with Crippen molar-refractivity contribution < 1.29 is 18.6 Å². The number of aliphatic hydroxyl groups is 1. The molecule has 2 atom stereocenters. The molecule has 1 aliphatic heterocycles. The maximum Gasteiger partial charge on any atom is 0.387 e. The van der Waals surface area contributed by atoms with Gasteiger partial charge in [-0.3, -0.25) is 0 Å². The number of hydrogen-bond acceptors (Lipinski definition) is 4. The van der Waals surface area contributed by atoms with E-state index in [1.54, 1.807) is 12.1 Å². The first kappa shape index (κ1) is 15.6. The van der Waals surface area contributed by atoms with Gasteiger partial charge in [0.15, 0.2) is 0 Å². The van der Waals surface area contributed by atoms with Crippen molar-refractivity contribution in [3.8, 4) is 5.75 Å². The van der Waals surface area contributed by atoms with Crippen molar-refractivity contribution in [3.63, 3.8) is 0 Å². The molecule has 1 fully saturated rings. The van der Waals surface area contributed by atoms with Crippen LogP contribution in [-0.4, -0.2) is 37.5 Å². The van der Waals surface area contributed by atoms with Crippen LogP contribution < -0.4 is 15.4 Å². The molecule has 0 radical (unpaired) electrons. The lowest BCUT2D eigenvalue weighted by molar-refractivity contribution is -0.0505. The van der Waals surface area contributed by atoms with Crippen molar-refractivity contribution in [2.75, 3.05) is 19.6 Å². The van der Waals surface area contributed by atoms with Crippen molar-refractivity contribution in [2.24, 2.45) is 5.92 Å². The monoisotopic (exact) mass is 350 g/mol. The maximum absolute atomic E-state index is 12.3. The third kappa shape index (κ3) is 4.37. The minimum Gasteiger partial charge on any atom is -0.434 e. The Bertz CT molecular complexity index is 448. The summed E-state index contributed by atoms with van der Waals surface area (Å²) in [6.45, 7) is -0.453. The van der Waals surface area contributed by atoms with Gasteiger partial charge >= 0.3 is 6.61 Å². The van der Waals surface area contributed by atoms with Gasteiger partial charge in [-0.1, -0.05) is 15.9 Å². The second-order valence-electron chi connectivity index (χ2n) is 4.75. The molecule has 4 nitrogen and oxygen atoms in total. The molecule has 1 aliphatic rings. The summed E-state index contributed by atoms with van der Waals surface area (Å²) in [4.78, 5) is 0. The zero-order chi connectivity index (χ0) is 14.5. The standard InChI is InChI=1S/C13H17BrF2N2O2/c14-10-1-2-12(20-13(15)16)8(3-10)4-17-5-9-6-18-7-11(9)19/h1-3,9,11,13,17-19H,4-7H2.